The summed E-state index contributed by atoms with van der Waals surface area (Å²) in [6.07, 6.45) is 0.959. The van der Waals surface area contributed by atoms with Crippen molar-refractivity contribution in [1.29, 1.82) is 0 Å². The van der Waals surface area contributed by atoms with E-state index < -0.39 is 5.41 Å². The molecule has 1 rings (SSSR count). The fourth-order valence-electron chi connectivity index (χ4n) is 1.54. The molecule has 3 nitrogen and oxygen atoms in total. The van der Waals surface area contributed by atoms with E-state index in [-0.39, 0.29) is 0 Å². The normalized spacial score (nSPS) is 18.3. The minimum absolute atomic E-state index is 0.458. The van der Waals surface area contributed by atoms with Crippen LogP contribution in [0, 0.1) is 5.41 Å². The van der Waals surface area contributed by atoms with Crippen LogP contribution in [0.25, 0.3) is 0 Å². The standard InChI is InChI=1S/C12H19NO2/c1-4-11(12(2,3)10-14)9-13-5-7-15-8-6-13/h10H,1,5-9H2,2-3H3. The summed E-state index contributed by atoms with van der Waals surface area (Å²) in [5.41, 5.74) is 3.39. The number of hydrogen-bond donors (Lipinski definition) is 0. The molecule has 0 amide bonds. The number of rotatable bonds is 4. The molecule has 0 saturated carbocycles. The molecule has 1 saturated heterocycles. The van der Waals surface area contributed by atoms with Crippen LogP contribution in [0.5, 0.6) is 0 Å². The van der Waals surface area contributed by atoms with Crippen LogP contribution in [0.2, 0.25) is 0 Å². The first-order valence-corrected chi connectivity index (χ1v) is 5.26. The fourth-order valence-corrected chi connectivity index (χ4v) is 1.54. The lowest BCUT2D eigenvalue weighted by molar-refractivity contribution is -0.113. The minimum Gasteiger partial charge on any atom is -0.379 e. The molecule has 0 spiro atoms. The Hall–Kier alpha value is -0.890. The topological polar surface area (TPSA) is 29.5 Å². The van der Waals surface area contributed by atoms with Crippen molar-refractivity contribution in [1.82, 2.24) is 4.90 Å². The van der Waals surface area contributed by atoms with Crippen molar-refractivity contribution in [3.63, 3.8) is 0 Å². The van der Waals surface area contributed by atoms with Crippen LogP contribution in [0.1, 0.15) is 13.8 Å². The van der Waals surface area contributed by atoms with E-state index in [1.165, 1.54) is 0 Å². The van der Waals surface area contributed by atoms with Crippen LogP contribution in [0.3, 0.4) is 0 Å². The average molecular weight is 209 g/mol. The van der Waals surface area contributed by atoms with Gasteiger partial charge in [0, 0.05) is 25.0 Å². The molecular weight excluding hydrogens is 190 g/mol. The summed E-state index contributed by atoms with van der Waals surface area (Å²) < 4.78 is 5.27. The van der Waals surface area contributed by atoms with E-state index in [1.54, 1.807) is 0 Å². The Morgan fingerprint density at radius 2 is 2.13 bits per heavy atom. The number of ether oxygens (including phenoxy) is 1. The summed E-state index contributed by atoms with van der Waals surface area (Å²) in [5.74, 6) is 0. The monoisotopic (exact) mass is 209 g/mol. The highest BCUT2D eigenvalue weighted by Crippen LogP contribution is 2.23. The Morgan fingerprint density at radius 1 is 1.53 bits per heavy atom. The second-order valence-electron chi connectivity index (χ2n) is 4.38. The fraction of sp³-hybridized carbons (Fsp3) is 0.667. The third kappa shape index (κ3) is 3.31. The van der Waals surface area contributed by atoms with Crippen LogP contribution in [0.15, 0.2) is 17.9 Å². The minimum atomic E-state index is -0.458. The largest absolute Gasteiger partial charge is 0.379 e. The smallest absolute Gasteiger partial charge is 0.130 e. The summed E-state index contributed by atoms with van der Waals surface area (Å²) in [4.78, 5) is 13.2. The molecule has 15 heavy (non-hydrogen) atoms. The molecule has 1 heterocycles. The van der Waals surface area contributed by atoms with Gasteiger partial charge in [0.25, 0.3) is 0 Å². The summed E-state index contributed by atoms with van der Waals surface area (Å²) in [5, 5.41) is 0. The first-order chi connectivity index (χ1) is 7.10. The van der Waals surface area contributed by atoms with Crippen LogP contribution in [0.4, 0.5) is 0 Å². The molecule has 0 radical (unpaired) electrons. The van der Waals surface area contributed by atoms with Crippen molar-refractivity contribution in [3.05, 3.63) is 17.9 Å². The highest BCUT2D eigenvalue weighted by molar-refractivity contribution is 5.63. The van der Waals surface area contributed by atoms with Gasteiger partial charge in [0.15, 0.2) is 0 Å². The molecule has 0 bridgehead atoms. The quantitative estimate of drug-likeness (QED) is 0.515. The van der Waals surface area contributed by atoms with E-state index in [0.717, 1.165) is 44.7 Å². The molecule has 1 aliphatic heterocycles. The van der Waals surface area contributed by atoms with Crippen LogP contribution in [-0.2, 0) is 9.53 Å². The third-order valence-electron chi connectivity index (χ3n) is 2.77. The van der Waals surface area contributed by atoms with E-state index in [0.29, 0.717) is 0 Å². The highest BCUT2D eigenvalue weighted by Gasteiger charge is 2.24. The lowest BCUT2D eigenvalue weighted by Gasteiger charge is -2.30. The first-order valence-electron chi connectivity index (χ1n) is 5.26. The van der Waals surface area contributed by atoms with Crippen LogP contribution in [-0.4, -0.2) is 44.0 Å². The SMILES string of the molecule is C=C=C(CN1CCOCC1)C(C)(C)C=O. The molecule has 0 N–H and O–H groups in total. The number of nitrogens with zero attached hydrogens (tertiary/aromatic N) is 1. The van der Waals surface area contributed by atoms with Gasteiger partial charge in [-0.25, -0.2) is 0 Å². The number of carbonyl (C=O) groups is 1. The van der Waals surface area contributed by atoms with E-state index in [2.05, 4.69) is 17.2 Å². The Balaban J connectivity index is 2.61. The number of hydrogen-bond acceptors (Lipinski definition) is 3. The first kappa shape index (κ1) is 12.2. The zero-order valence-corrected chi connectivity index (χ0v) is 9.58. The maximum atomic E-state index is 10.9. The zero-order valence-electron chi connectivity index (χ0n) is 9.58. The molecule has 0 unspecified atom stereocenters. The van der Waals surface area contributed by atoms with Crippen molar-refractivity contribution in [2.45, 2.75) is 13.8 Å². The third-order valence-corrected chi connectivity index (χ3v) is 2.77. The van der Waals surface area contributed by atoms with Gasteiger partial charge in [0.05, 0.1) is 13.2 Å². The highest BCUT2D eigenvalue weighted by atomic mass is 16.5. The van der Waals surface area contributed by atoms with Crippen molar-refractivity contribution < 1.29 is 9.53 Å². The summed E-state index contributed by atoms with van der Waals surface area (Å²) in [7, 11) is 0. The average Bonchev–Trinajstić information content (AvgIpc) is 2.27. The number of aldehydes is 1. The Bertz CT molecular complexity index is 271. The van der Waals surface area contributed by atoms with Gasteiger partial charge < -0.3 is 9.53 Å². The van der Waals surface area contributed by atoms with Gasteiger partial charge in [-0.05, 0) is 19.4 Å². The van der Waals surface area contributed by atoms with Gasteiger partial charge >= 0.3 is 0 Å². The molecule has 0 aromatic carbocycles. The van der Waals surface area contributed by atoms with Gasteiger partial charge in [-0.3, -0.25) is 4.90 Å². The van der Waals surface area contributed by atoms with Crippen LogP contribution >= 0.6 is 0 Å². The predicted octanol–water partition coefficient (Wildman–Crippen LogP) is 1.25. The molecule has 0 aromatic heterocycles. The van der Waals surface area contributed by atoms with Gasteiger partial charge in [-0.1, -0.05) is 6.58 Å². The van der Waals surface area contributed by atoms with Gasteiger partial charge in [0.2, 0.25) is 0 Å². The van der Waals surface area contributed by atoms with E-state index in [1.807, 2.05) is 13.8 Å². The second-order valence-corrected chi connectivity index (χ2v) is 4.38. The maximum Gasteiger partial charge on any atom is 0.130 e. The molecule has 0 atom stereocenters. The maximum absolute atomic E-state index is 10.9. The van der Waals surface area contributed by atoms with Crippen LogP contribution < -0.4 is 0 Å². The van der Waals surface area contributed by atoms with Gasteiger partial charge in [0.1, 0.15) is 6.29 Å². The summed E-state index contributed by atoms with van der Waals surface area (Å²) >= 11 is 0. The summed E-state index contributed by atoms with van der Waals surface area (Å²) in [6, 6.07) is 0. The predicted molar refractivity (Wildman–Crippen MR) is 59.8 cm³/mol. The zero-order chi connectivity index (χ0) is 11.3. The molecule has 1 aliphatic rings. The Kier molecular flexibility index (Phi) is 4.28. The molecule has 3 heteroatoms. The molecule has 1 fully saturated rings. The number of morpholine rings is 1. The molecular formula is C12H19NO2. The van der Waals surface area contributed by atoms with Crippen molar-refractivity contribution >= 4 is 6.29 Å². The van der Waals surface area contributed by atoms with Gasteiger partial charge in [-0.2, -0.15) is 0 Å². The van der Waals surface area contributed by atoms with E-state index in [4.69, 9.17) is 4.74 Å². The Morgan fingerprint density at radius 3 is 2.60 bits per heavy atom. The molecule has 0 aromatic rings. The van der Waals surface area contributed by atoms with Crippen molar-refractivity contribution in [2.24, 2.45) is 5.41 Å². The second kappa shape index (κ2) is 5.26. The van der Waals surface area contributed by atoms with E-state index in [9.17, 15) is 4.79 Å². The lowest BCUT2D eigenvalue weighted by atomic mass is 9.86. The number of carbonyl (C=O) groups excluding carboxylic acids is 1. The molecule has 84 valence electrons. The lowest BCUT2D eigenvalue weighted by Crippen LogP contribution is -2.39. The van der Waals surface area contributed by atoms with Crippen molar-refractivity contribution in [2.75, 3.05) is 32.8 Å². The van der Waals surface area contributed by atoms with E-state index >= 15 is 0 Å². The Labute approximate surface area is 91.4 Å². The summed E-state index contributed by atoms with van der Waals surface area (Å²) in [6.45, 7) is 11.6. The van der Waals surface area contributed by atoms with Crippen molar-refractivity contribution in [3.8, 4) is 0 Å². The molecule has 0 aliphatic carbocycles. The van der Waals surface area contributed by atoms with Gasteiger partial charge in [-0.15, -0.1) is 5.73 Å².